The Kier molecular flexibility index (Phi) is 4.69. The van der Waals surface area contributed by atoms with Gasteiger partial charge in [-0.2, -0.15) is 11.8 Å². The third-order valence-corrected chi connectivity index (χ3v) is 5.26. The number of pyridine rings is 1. The molecular formula is C14H20N2O2S. The zero-order chi connectivity index (χ0) is 13.7. The monoisotopic (exact) mass is 280 g/mol. The van der Waals surface area contributed by atoms with Crippen LogP contribution in [0, 0.1) is 0 Å². The van der Waals surface area contributed by atoms with Crippen molar-refractivity contribution in [2.24, 2.45) is 0 Å². The number of hydrogen-bond donors (Lipinski definition) is 2. The Bertz CT molecular complexity index is 492. The highest BCUT2D eigenvalue weighted by Crippen LogP contribution is 2.37. The van der Waals surface area contributed by atoms with Crippen LogP contribution in [-0.4, -0.2) is 28.4 Å². The fourth-order valence-electron chi connectivity index (χ4n) is 2.58. The maximum atomic E-state index is 12.0. The minimum absolute atomic E-state index is 0.148. The molecule has 1 heterocycles. The van der Waals surface area contributed by atoms with Gasteiger partial charge in [-0.25, -0.2) is 0 Å². The normalized spacial score (nSPS) is 17.9. The molecule has 0 atom stereocenters. The van der Waals surface area contributed by atoms with Crippen molar-refractivity contribution in [2.45, 2.75) is 36.9 Å². The minimum atomic E-state index is -0.277. The largest absolute Gasteiger partial charge is 0.367 e. The molecule has 1 aliphatic rings. The molecule has 1 aromatic heterocycles. The van der Waals surface area contributed by atoms with Gasteiger partial charge in [-0.1, -0.05) is 19.3 Å². The molecule has 1 aliphatic carbocycles. The molecule has 0 spiro atoms. The van der Waals surface area contributed by atoms with Crippen LogP contribution in [0.15, 0.2) is 23.3 Å². The van der Waals surface area contributed by atoms with E-state index in [1.807, 2.05) is 11.8 Å². The van der Waals surface area contributed by atoms with Gasteiger partial charge < -0.3 is 10.3 Å². The summed E-state index contributed by atoms with van der Waals surface area (Å²) in [5.41, 5.74) is -0.0485. The average molecular weight is 280 g/mol. The number of thioether (sulfide) groups is 1. The summed E-state index contributed by atoms with van der Waals surface area (Å²) in [6, 6.07) is 1.37. The molecule has 104 valence electrons. The summed E-state index contributed by atoms with van der Waals surface area (Å²) in [5.74, 6) is -0.277. The van der Waals surface area contributed by atoms with E-state index in [-0.39, 0.29) is 21.6 Å². The van der Waals surface area contributed by atoms with Gasteiger partial charge in [0.25, 0.3) is 5.91 Å². The van der Waals surface area contributed by atoms with Crippen LogP contribution < -0.4 is 10.7 Å². The summed E-state index contributed by atoms with van der Waals surface area (Å²) >= 11 is 1.83. The van der Waals surface area contributed by atoms with Crippen molar-refractivity contribution in [3.05, 3.63) is 34.2 Å². The van der Waals surface area contributed by atoms with E-state index in [4.69, 9.17) is 0 Å². The first-order chi connectivity index (χ1) is 9.17. The van der Waals surface area contributed by atoms with E-state index >= 15 is 0 Å². The summed E-state index contributed by atoms with van der Waals surface area (Å²) in [5, 5.41) is 2.92. The SMILES string of the molecule is CSC1(CNC(=O)c2c[nH]ccc2=O)CCCCC1. The molecule has 0 bridgehead atoms. The number of H-pyrrole nitrogens is 1. The molecule has 0 aliphatic heterocycles. The summed E-state index contributed by atoms with van der Waals surface area (Å²) < 4.78 is 0.148. The highest BCUT2D eigenvalue weighted by Gasteiger charge is 2.31. The number of nitrogens with one attached hydrogen (secondary N) is 2. The van der Waals surface area contributed by atoms with E-state index in [9.17, 15) is 9.59 Å². The van der Waals surface area contributed by atoms with Gasteiger partial charge in [0, 0.05) is 29.8 Å². The first kappa shape index (κ1) is 14.2. The second kappa shape index (κ2) is 6.28. The topological polar surface area (TPSA) is 62.0 Å². The molecule has 5 heteroatoms. The second-order valence-corrected chi connectivity index (χ2v) is 6.33. The Labute approximate surface area is 117 Å². The minimum Gasteiger partial charge on any atom is -0.367 e. The van der Waals surface area contributed by atoms with E-state index in [1.165, 1.54) is 37.7 Å². The third kappa shape index (κ3) is 3.41. The Hall–Kier alpha value is -1.23. The number of aromatic nitrogens is 1. The maximum Gasteiger partial charge on any atom is 0.256 e. The van der Waals surface area contributed by atoms with Crippen LogP contribution in [0.5, 0.6) is 0 Å². The van der Waals surface area contributed by atoms with Crippen molar-refractivity contribution in [3.63, 3.8) is 0 Å². The molecule has 1 aromatic rings. The van der Waals surface area contributed by atoms with Crippen LogP contribution in [0.25, 0.3) is 0 Å². The van der Waals surface area contributed by atoms with E-state index in [0.29, 0.717) is 6.54 Å². The number of aromatic amines is 1. The predicted molar refractivity (Wildman–Crippen MR) is 78.7 cm³/mol. The second-order valence-electron chi connectivity index (χ2n) is 5.05. The summed E-state index contributed by atoms with van der Waals surface area (Å²) in [7, 11) is 0. The maximum absolute atomic E-state index is 12.0. The summed E-state index contributed by atoms with van der Waals surface area (Å²) in [4.78, 5) is 26.4. The number of rotatable bonds is 4. The molecule has 1 amide bonds. The van der Waals surface area contributed by atoms with E-state index in [0.717, 1.165) is 12.8 Å². The van der Waals surface area contributed by atoms with Gasteiger partial charge in [-0.05, 0) is 19.1 Å². The van der Waals surface area contributed by atoms with Gasteiger partial charge in [0.2, 0.25) is 0 Å². The van der Waals surface area contributed by atoms with Crippen LogP contribution in [0.2, 0.25) is 0 Å². The molecule has 0 radical (unpaired) electrons. The molecule has 2 N–H and O–H groups in total. The summed E-state index contributed by atoms with van der Waals surface area (Å²) in [6.45, 7) is 0.640. The average Bonchev–Trinajstić information content (AvgIpc) is 2.46. The van der Waals surface area contributed by atoms with E-state index < -0.39 is 0 Å². The highest BCUT2D eigenvalue weighted by atomic mass is 32.2. The number of amides is 1. The van der Waals surface area contributed by atoms with Crippen LogP contribution in [-0.2, 0) is 0 Å². The van der Waals surface area contributed by atoms with E-state index in [2.05, 4.69) is 16.6 Å². The van der Waals surface area contributed by atoms with Gasteiger partial charge in [-0.3, -0.25) is 9.59 Å². The lowest BCUT2D eigenvalue weighted by Crippen LogP contribution is -2.42. The number of carbonyl (C=O) groups is 1. The Morgan fingerprint density at radius 1 is 1.42 bits per heavy atom. The first-order valence-corrected chi connectivity index (χ1v) is 7.90. The summed E-state index contributed by atoms with van der Waals surface area (Å²) in [6.07, 6.45) is 11.1. The number of carbonyl (C=O) groups excluding carboxylic acids is 1. The van der Waals surface area contributed by atoms with E-state index in [1.54, 1.807) is 0 Å². The van der Waals surface area contributed by atoms with Gasteiger partial charge in [0.05, 0.1) is 0 Å². The predicted octanol–water partition coefficient (Wildman–Crippen LogP) is 2.17. The van der Waals surface area contributed by atoms with Crippen LogP contribution in [0.1, 0.15) is 42.5 Å². The van der Waals surface area contributed by atoms with Gasteiger partial charge in [0.15, 0.2) is 5.43 Å². The standard InChI is InChI=1S/C14H20N2O2S/c1-19-14(6-3-2-4-7-14)10-16-13(18)11-9-15-8-5-12(11)17/h5,8-9H,2-4,6-7,10H2,1H3,(H,15,17)(H,16,18). The Balaban J connectivity index is 2.00. The van der Waals surface area contributed by atoms with Crippen LogP contribution in [0.3, 0.4) is 0 Å². The smallest absolute Gasteiger partial charge is 0.256 e. The molecule has 2 rings (SSSR count). The highest BCUT2D eigenvalue weighted by molar-refractivity contribution is 8.00. The van der Waals surface area contributed by atoms with Crippen molar-refractivity contribution in [3.8, 4) is 0 Å². The Morgan fingerprint density at radius 2 is 2.16 bits per heavy atom. The lowest BCUT2D eigenvalue weighted by atomic mass is 9.88. The van der Waals surface area contributed by atoms with Crippen LogP contribution in [0.4, 0.5) is 0 Å². The zero-order valence-corrected chi connectivity index (χ0v) is 12.0. The van der Waals surface area contributed by atoms with Crippen molar-refractivity contribution in [1.29, 1.82) is 0 Å². The first-order valence-electron chi connectivity index (χ1n) is 6.67. The van der Waals surface area contributed by atoms with Crippen molar-refractivity contribution >= 4 is 17.7 Å². The van der Waals surface area contributed by atoms with Crippen molar-refractivity contribution in [1.82, 2.24) is 10.3 Å². The van der Waals surface area contributed by atoms with Gasteiger partial charge in [-0.15, -0.1) is 0 Å². The number of hydrogen-bond acceptors (Lipinski definition) is 3. The van der Waals surface area contributed by atoms with Gasteiger partial charge in [0.1, 0.15) is 5.56 Å². The third-order valence-electron chi connectivity index (χ3n) is 3.84. The molecule has 0 aromatic carbocycles. The van der Waals surface area contributed by atoms with Crippen molar-refractivity contribution < 1.29 is 4.79 Å². The molecule has 1 saturated carbocycles. The molecule has 1 fully saturated rings. The molecule has 19 heavy (non-hydrogen) atoms. The zero-order valence-electron chi connectivity index (χ0n) is 11.2. The fourth-order valence-corrected chi connectivity index (χ4v) is 3.49. The fraction of sp³-hybridized carbons (Fsp3) is 0.571. The molecule has 0 saturated heterocycles. The molecule has 4 nitrogen and oxygen atoms in total. The van der Waals surface area contributed by atoms with Crippen molar-refractivity contribution in [2.75, 3.05) is 12.8 Å². The lowest BCUT2D eigenvalue weighted by molar-refractivity contribution is 0.0945. The van der Waals surface area contributed by atoms with Gasteiger partial charge >= 0.3 is 0 Å². The Morgan fingerprint density at radius 3 is 2.79 bits per heavy atom. The molecular weight excluding hydrogens is 260 g/mol. The quantitative estimate of drug-likeness (QED) is 0.888. The van der Waals surface area contributed by atoms with Crippen LogP contribution >= 0.6 is 11.8 Å². The molecule has 0 unspecified atom stereocenters. The lowest BCUT2D eigenvalue weighted by Gasteiger charge is -2.35.